The number of hydrogen-bond acceptors (Lipinski definition) is 3. The van der Waals surface area contributed by atoms with Gasteiger partial charge in [-0.2, -0.15) is 17.5 Å². The molecule has 0 radical (unpaired) electrons. The molecule has 2 rings (SSSR count). The summed E-state index contributed by atoms with van der Waals surface area (Å²) in [4.78, 5) is 10.7. The number of rotatable bonds is 3. The number of primary amides is 1. The molecule has 0 saturated carbocycles. The molecule has 22 heavy (non-hydrogen) atoms. The second-order valence-corrected chi connectivity index (χ2v) is 7.11. The van der Waals surface area contributed by atoms with Crippen molar-refractivity contribution < 1.29 is 26.4 Å². The van der Waals surface area contributed by atoms with Gasteiger partial charge in [0.25, 0.3) is 0 Å². The van der Waals surface area contributed by atoms with Crippen molar-refractivity contribution >= 4 is 27.5 Å². The van der Waals surface area contributed by atoms with Gasteiger partial charge in [-0.25, -0.2) is 8.42 Å². The molecule has 1 heterocycles. The van der Waals surface area contributed by atoms with E-state index in [1.165, 1.54) is 0 Å². The van der Waals surface area contributed by atoms with E-state index >= 15 is 0 Å². The monoisotopic (exact) mass is 356 g/mol. The summed E-state index contributed by atoms with van der Waals surface area (Å²) in [5, 5.41) is -0.598. The smallest absolute Gasteiger partial charge is 0.368 e. The first-order chi connectivity index (χ1) is 10.0. The van der Waals surface area contributed by atoms with Crippen LogP contribution in [0, 0.1) is 0 Å². The maximum Gasteiger partial charge on any atom is 0.417 e. The Hall–Kier alpha value is -1.32. The number of nitrogens with two attached hydrogens (primary N) is 1. The first-order valence-corrected chi connectivity index (χ1v) is 8.05. The van der Waals surface area contributed by atoms with Crippen LogP contribution in [0.15, 0.2) is 23.1 Å². The fourth-order valence-electron chi connectivity index (χ4n) is 2.33. The molecule has 1 aliphatic rings. The molecule has 0 aromatic heterocycles. The van der Waals surface area contributed by atoms with E-state index in [4.69, 9.17) is 17.3 Å². The number of amides is 1. The van der Waals surface area contributed by atoms with Crippen LogP contribution in [0.1, 0.15) is 18.4 Å². The number of carbonyl (C=O) groups is 1. The van der Waals surface area contributed by atoms with Gasteiger partial charge in [0.05, 0.1) is 15.5 Å². The quantitative estimate of drug-likeness (QED) is 0.899. The predicted molar refractivity (Wildman–Crippen MR) is 72.6 cm³/mol. The van der Waals surface area contributed by atoms with E-state index in [0.29, 0.717) is 12.5 Å². The summed E-state index contributed by atoms with van der Waals surface area (Å²) in [6.07, 6.45) is -4.13. The van der Waals surface area contributed by atoms with E-state index in [1.54, 1.807) is 0 Å². The summed E-state index contributed by atoms with van der Waals surface area (Å²) >= 11 is 5.47. The van der Waals surface area contributed by atoms with Crippen molar-refractivity contribution in [1.29, 1.82) is 0 Å². The highest BCUT2D eigenvalue weighted by molar-refractivity contribution is 7.89. The average Bonchev–Trinajstić information content (AvgIpc) is 2.87. The van der Waals surface area contributed by atoms with Crippen molar-refractivity contribution in [3.05, 3.63) is 28.8 Å². The third-order valence-electron chi connectivity index (χ3n) is 3.38. The van der Waals surface area contributed by atoms with E-state index in [9.17, 15) is 26.4 Å². The highest BCUT2D eigenvalue weighted by Gasteiger charge is 2.40. The van der Waals surface area contributed by atoms with Crippen molar-refractivity contribution in [2.24, 2.45) is 5.73 Å². The van der Waals surface area contributed by atoms with Crippen molar-refractivity contribution in [3.63, 3.8) is 0 Å². The van der Waals surface area contributed by atoms with Crippen LogP contribution in [0.4, 0.5) is 13.2 Å². The average molecular weight is 357 g/mol. The molecule has 0 aliphatic carbocycles. The van der Waals surface area contributed by atoms with Crippen LogP contribution in [0.2, 0.25) is 5.02 Å². The second kappa shape index (κ2) is 5.71. The fraction of sp³-hybridized carbons (Fsp3) is 0.417. The van der Waals surface area contributed by atoms with Gasteiger partial charge >= 0.3 is 6.18 Å². The first-order valence-electron chi connectivity index (χ1n) is 6.23. The lowest BCUT2D eigenvalue weighted by molar-refractivity contribution is -0.137. The van der Waals surface area contributed by atoms with Crippen molar-refractivity contribution in [2.75, 3.05) is 6.54 Å². The molecule has 1 amide bonds. The SMILES string of the molecule is NC(=O)C1CCCN1S(=O)(=O)c1ccc(Cl)c(C(F)(F)F)c1. The van der Waals surface area contributed by atoms with Crippen molar-refractivity contribution in [2.45, 2.75) is 30.0 Å². The lowest BCUT2D eigenvalue weighted by atomic mass is 10.2. The fourth-order valence-corrected chi connectivity index (χ4v) is 4.25. The number of hydrogen-bond donors (Lipinski definition) is 1. The number of carbonyl (C=O) groups excluding carboxylic acids is 1. The zero-order valence-electron chi connectivity index (χ0n) is 11.1. The highest BCUT2D eigenvalue weighted by atomic mass is 35.5. The van der Waals surface area contributed by atoms with E-state index < -0.39 is 43.6 Å². The molecule has 5 nitrogen and oxygen atoms in total. The van der Waals surface area contributed by atoms with Gasteiger partial charge in [0.1, 0.15) is 6.04 Å². The normalized spacial score (nSPS) is 20.3. The summed E-state index contributed by atoms with van der Waals surface area (Å²) in [6, 6.07) is 1.26. The van der Waals surface area contributed by atoms with Gasteiger partial charge in [0.15, 0.2) is 0 Å². The van der Waals surface area contributed by atoms with Crippen LogP contribution >= 0.6 is 11.6 Å². The van der Waals surface area contributed by atoms with Gasteiger partial charge in [-0.05, 0) is 31.0 Å². The molecule has 1 aromatic carbocycles. The van der Waals surface area contributed by atoms with E-state index in [0.717, 1.165) is 16.4 Å². The number of sulfonamides is 1. The van der Waals surface area contributed by atoms with E-state index in [2.05, 4.69) is 0 Å². The van der Waals surface area contributed by atoms with Crippen LogP contribution in [0.3, 0.4) is 0 Å². The molecule has 0 spiro atoms. The summed E-state index contributed by atoms with van der Waals surface area (Å²) < 4.78 is 64.2. The molecule has 0 bridgehead atoms. The number of benzene rings is 1. The Morgan fingerprint density at radius 3 is 2.55 bits per heavy atom. The zero-order valence-corrected chi connectivity index (χ0v) is 12.7. The van der Waals surface area contributed by atoms with Crippen molar-refractivity contribution in [3.8, 4) is 0 Å². The van der Waals surface area contributed by atoms with Crippen LogP contribution in [-0.2, 0) is 21.0 Å². The predicted octanol–water partition coefficient (Wildman–Crippen LogP) is 2.00. The number of halogens is 4. The molecule has 1 atom stereocenters. The summed E-state index contributed by atoms with van der Waals surface area (Å²) in [7, 11) is -4.26. The van der Waals surface area contributed by atoms with Crippen LogP contribution in [0.5, 0.6) is 0 Å². The Morgan fingerprint density at radius 2 is 2.00 bits per heavy atom. The number of alkyl halides is 3. The van der Waals surface area contributed by atoms with E-state index in [-0.39, 0.29) is 13.0 Å². The summed E-state index contributed by atoms with van der Waals surface area (Å²) in [5.74, 6) is -0.828. The standard InChI is InChI=1S/C12H12ClF3N2O3S/c13-9-4-3-7(6-8(9)12(14,15)16)22(20,21)18-5-1-2-10(18)11(17)19/h3-4,6,10H,1-2,5H2,(H2,17,19). The Bertz CT molecular complexity index is 706. The topological polar surface area (TPSA) is 80.5 Å². The molecule has 1 unspecified atom stereocenters. The molecule has 1 saturated heterocycles. The molecular weight excluding hydrogens is 345 g/mol. The van der Waals surface area contributed by atoms with Gasteiger partial charge in [0, 0.05) is 6.54 Å². The molecule has 1 fully saturated rings. The Morgan fingerprint density at radius 1 is 1.36 bits per heavy atom. The molecule has 1 aliphatic heterocycles. The van der Waals surface area contributed by atoms with Crippen LogP contribution in [-0.4, -0.2) is 31.2 Å². The largest absolute Gasteiger partial charge is 0.417 e. The number of nitrogens with zero attached hydrogens (tertiary/aromatic N) is 1. The molecule has 2 N–H and O–H groups in total. The Balaban J connectivity index is 2.49. The summed E-state index contributed by atoms with van der Waals surface area (Å²) in [5.41, 5.74) is 3.89. The minimum Gasteiger partial charge on any atom is -0.368 e. The lowest BCUT2D eigenvalue weighted by Crippen LogP contribution is -2.43. The third-order valence-corrected chi connectivity index (χ3v) is 5.62. The molecule has 10 heteroatoms. The maximum absolute atomic E-state index is 12.8. The van der Waals surface area contributed by atoms with Crippen LogP contribution in [0.25, 0.3) is 0 Å². The van der Waals surface area contributed by atoms with Gasteiger partial charge in [-0.3, -0.25) is 4.79 Å². The first kappa shape index (κ1) is 17.0. The van der Waals surface area contributed by atoms with Gasteiger partial charge in [0.2, 0.25) is 15.9 Å². The third kappa shape index (κ3) is 3.06. The minimum atomic E-state index is -4.78. The maximum atomic E-state index is 12.8. The Labute approximate surface area is 129 Å². The van der Waals surface area contributed by atoms with Gasteiger partial charge < -0.3 is 5.73 Å². The molecule has 1 aromatic rings. The summed E-state index contributed by atoms with van der Waals surface area (Å²) in [6.45, 7) is 0.0277. The van der Waals surface area contributed by atoms with Crippen molar-refractivity contribution in [1.82, 2.24) is 4.31 Å². The highest BCUT2D eigenvalue weighted by Crippen LogP contribution is 2.37. The zero-order chi connectivity index (χ0) is 16.7. The van der Waals surface area contributed by atoms with Gasteiger partial charge in [-0.15, -0.1) is 0 Å². The second-order valence-electron chi connectivity index (χ2n) is 4.82. The Kier molecular flexibility index (Phi) is 4.42. The lowest BCUT2D eigenvalue weighted by Gasteiger charge is -2.22. The molecular formula is C12H12ClF3N2O3S. The minimum absolute atomic E-state index is 0.0277. The van der Waals surface area contributed by atoms with E-state index in [1.807, 2.05) is 0 Å². The van der Waals surface area contributed by atoms with Crippen LogP contribution < -0.4 is 5.73 Å². The molecule has 122 valence electrons. The van der Waals surface area contributed by atoms with Gasteiger partial charge in [-0.1, -0.05) is 11.6 Å².